The Morgan fingerprint density at radius 1 is 1.10 bits per heavy atom. The highest BCUT2D eigenvalue weighted by molar-refractivity contribution is 7.89. The lowest BCUT2D eigenvalue weighted by Gasteiger charge is -2.33. The van der Waals surface area contributed by atoms with Crippen LogP contribution in [-0.2, 0) is 21.2 Å². The van der Waals surface area contributed by atoms with Gasteiger partial charge in [-0.3, -0.25) is 9.48 Å². The third kappa shape index (κ3) is 6.07. The molecule has 1 aliphatic heterocycles. The number of aryl methyl sites for hydroxylation is 1. The quantitative estimate of drug-likeness (QED) is 0.346. The summed E-state index contributed by atoms with van der Waals surface area (Å²) in [6, 6.07) is 1.59. The minimum absolute atomic E-state index is 0.0195. The van der Waals surface area contributed by atoms with Crippen molar-refractivity contribution < 1.29 is 17.9 Å². The molecule has 3 aromatic heterocycles. The smallest absolute Gasteiger partial charge is 0.279 e. The predicted octanol–water partition coefficient (Wildman–Crippen LogP) is 2.85. The average Bonchev–Trinajstić information content (AvgIpc) is 3.32. The number of aromatic amines is 1. The van der Waals surface area contributed by atoms with Crippen molar-refractivity contribution in [2.24, 2.45) is 0 Å². The monoisotopic (exact) mass is 575 g/mol. The van der Waals surface area contributed by atoms with Gasteiger partial charge in [0.2, 0.25) is 15.9 Å². The summed E-state index contributed by atoms with van der Waals surface area (Å²) in [7, 11) is -2.26. The first-order valence-corrected chi connectivity index (χ1v) is 15.5. The van der Waals surface area contributed by atoms with E-state index in [4.69, 9.17) is 14.5 Å². The van der Waals surface area contributed by atoms with Crippen molar-refractivity contribution in [1.29, 1.82) is 0 Å². The molecule has 3 aromatic rings. The number of ether oxygens (including phenoxy) is 2. The van der Waals surface area contributed by atoms with Crippen LogP contribution in [0.15, 0.2) is 22.0 Å². The van der Waals surface area contributed by atoms with Crippen LogP contribution in [0.3, 0.4) is 0 Å². The van der Waals surface area contributed by atoms with Crippen LogP contribution in [0.2, 0.25) is 0 Å². The Morgan fingerprint density at radius 3 is 2.45 bits per heavy atom. The van der Waals surface area contributed by atoms with Gasteiger partial charge in [-0.15, -0.1) is 0 Å². The molecule has 1 aliphatic rings. The second kappa shape index (κ2) is 12.8. The molecule has 2 unspecified atom stereocenters. The van der Waals surface area contributed by atoms with E-state index in [1.165, 1.54) is 16.6 Å². The Hall–Kier alpha value is -2.87. The molecule has 4 heterocycles. The lowest BCUT2D eigenvalue weighted by Crippen LogP contribution is -2.48. The fraction of sp³-hybridized carbons (Fsp3) is 0.630. The van der Waals surface area contributed by atoms with E-state index < -0.39 is 15.6 Å². The normalized spacial score (nSPS) is 16.9. The molecule has 2 atom stereocenters. The molecule has 1 saturated heterocycles. The number of fused-ring (bicyclic) bond motifs is 1. The van der Waals surface area contributed by atoms with Crippen LogP contribution in [0.5, 0.6) is 5.88 Å². The minimum atomic E-state index is -3.83. The van der Waals surface area contributed by atoms with Crippen molar-refractivity contribution in [2.45, 2.75) is 70.9 Å². The Labute approximate surface area is 235 Å². The first-order valence-electron chi connectivity index (χ1n) is 14.0. The molecule has 0 bridgehead atoms. The molecule has 0 aromatic carbocycles. The van der Waals surface area contributed by atoms with Crippen LogP contribution in [0.1, 0.15) is 59.2 Å². The van der Waals surface area contributed by atoms with Gasteiger partial charge in [-0.2, -0.15) is 9.40 Å². The van der Waals surface area contributed by atoms with E-state index in [0.29, 0.717) is 44.7 Å². The molecule has 1 fully saturated rings. The van der Waals surface area contributed by atoms with E-state index in [1.807, 2.05) is 11.6 Å². The number of hydrogen-bond acceptors (Lipinski definition) is 9. The molecule has 0 amide bonds. The molecule has 220 valence electrons. The van der Waals surface area contributed by atoms with Crippen molar-refractivity contribution in [2.75, 3.05) is 46.4 Å². The zero-order valence-corrected chi connectivity index (χ0v) is 25.1. The standard InChI is InChI=1S/C27H41N7O5S/c1-7-10-22-23-24(31-34(22)18(4)8-2)26(35)30-25(29-23)21-15-20(16-28-27(21)39-19(5)17-38-6)40(36,37)33-13-11-32(9-3)12-14-33/h15-16,18-19H,7-14,17H2,1-6H3,(H,29,30,35). The largest absolute Gasteiger partial charge is 0.472 e. The zero-order chi connectivity index (χ0) is 29.0. The molecule has 40 heavy (non-hydrogen) atoms. The van der Waals surface area contributed by atoms with E-state index in [0.717, 1.165) is 25.1 Å². The lowest BCUT2D eigenvalue weighted by atomic mass is 10.2. The van der Waals surface area contributed by atoms with E-state index in [9.17, 15) is 13.2 Å². The number of aromatic nitrogens is 5. The number of rotatable bonds is 12. The van der Waals surface area contributed by atoms with Crippen LogP contribution in [0.25, 0.3) is 22.4 Å². The second-order valence-electron chi connectivity index (χ2n) is 10.3. The summed E-state index contributed by atoms with van der Waals surface area (Å²) in [4.78, 5) is 27.6. The number of piperazine rings is 1. The molecule has 0 aliphatic carbocycles. The Bertz CT molecular complexity index is 1480. The summed E-state index contributed by atoms with van der Waals surface area (Å²) in [6.07, 6.45) is 3.33. The molecular formula is C27H41N7O5S. The SMILES string of the molecule is CCCc1c2nc(-c3cc(S(=O)(=O)N4CCN(CC)CC4)cnc3OC(C)COC)[nH]c(=O)c2nn1C(C)CC. The maximum absolute atomic E-state index is 13.6. The average molecular weight is 576 g/mol. The van der Waals surface area contributed by atoms with Gasteiger partial charge in [-0.25, -0.2) is 18.4 Å². The zero-order valence-electron chi connectivity index (χ0n) is 24.3. The van der Waals surface area contributed by atoms with E-state index in [-0.39, 0.29) is 39.8 Å². The number of hydrogen-bond donors (Lipinski definition) is 1. The minimum Gasteiger partial charge on any atom is -0.472 e. The highest BCUT2D eigenvalue weighted by Gasteiger charge is 2.30. The van der Waals surface area contributed by atoms with Crippen molar-refractivity contribution in [3.63, 3.8) is 0 Å². The molecule has 0 saturated carbocycles. The van der Waals surface area contributed by atoms with Crippen LogP contribution in [0, 0.1) is 0 Å². The van der Waals surface area contributed by atoms with Gasteiger partial charge in [0.15, 0.2) is 5.52 Å². The first-order chi connectivity index (χ1) is 19.1. The van der Waals surface area contributed by atoms with Crippen LogP contribution in [-0.4, -0.2) is 94.9 Å². The summed E-state index contributed by atoms with van der Waals surface area (Å²) < 4.78 is 41.9. The first kappa shape index (κ1) is 30.1. The number of likely N-dealkylation sites (N-methyl/N-ethyl adjacent to an activating group) is 1. The number of methoxy groups -OCH3 is 1. The van der Waals surface area contributed by atoms with Gasteiger partial charge in [-0.05, 0) is 39.3 Å². The fourth-order valence-electron chi connectivity index (χ4n) is 4.90. The van der Waals surface area contributed by atoms with Gasteiger partial charge in [0, 0.05) is 39.3 Å². The highest BCUT2D eigenvalue weighted by Crippen LogP contribution is 2.31. The van der Waals surface area contributed by atoms with Gasteiger partial charge in [0.25, 0.3) is 5.56 Å². The van der Waals surface area contributed by atoms with Crippen LogP contribution < -0.4 is 10.3 Å². The summed E-state index contributed by atoms with van der Waals surface area (Å²) in [5.41, 5.74) is 1.52. The van der Waals surface area contributed by atoms with Gasteiger partial charge in [0.1, 0.15) is 22.3 Å². The van der Waals surface area contributed by atoms with Gasteiger partial charge in [0.05, 0.1) is 24.1 Å². The van der Waals surface area contributed by atoms with Crippen molar-refractivity contribution in [3.8, 4) is 17.3 Å². The maximum atomic E-state index is 13.6. The molecule has 4 rings (SSSR count). The third-order valence-electron chi connectivity index (χ3n) is 7.36. The van der Waals surface area contributed by atoms with Gasteiger partial charge in [-0.1, -0.05) is 27.2 Å². The number of nitrogens with zero attached hydrogens (tertiary/aromatic N) is 6. The Balaban J connectivity index is 1.86. The maximum Gasteiger partial charge on any atom is 0.279 e. The highest BCUT2D eigenvalue weighted by atomic mass is 32.2. The summed E-state index contributed by atoms with van der Waals surface area (Å²) in [5, 5.41) is 4.60. The van der Waals surface area contributed by atoms with Gasteiger partial charge < -0.3 is 19.4 Å². The topological polar surface area (TPSA) is 136 Å². The van der Waals surface area contributed by atoms with Crippen molar-refractivity contribution in [3.05, 3.63) is 28.3 Å². The second-order valence-corrected chi connectivity index (χ2v) is 12.2. The van der Waals surface area contributed by atoms with Crippen molar-refractivity contribution in [1.82, 2.24) is 33.9 Å². The third-order valence-corrected chi connectivity index (χ3v) is 9.22. The number of H-pyrrole nitrogens is 1. The summed E-state index contributed by atoms with van der Waals surface area (Å²) in [6.45, 7) is 13.4. The molecule has 0 radical (unpaired) electrons. The molecule has 12 nitrogen and oxygen atoms in total. The Morgan fingerprint density at radius 2 is 1.82 bits per heavy atom. The molecule has 1 N–H and O–H groups in total. The number of nitrogens with one attached hydrogen (secondary N) is 1. The van der Waals surface area contributed by atoms with E-state index in [2.05, 4.69) is 47.7 Å². The van der Waals surface area contributed by atoms with Crippen molar-refractivity contribution >= 4 is 21.1 Å². The predicted molar refractivity (Wildman–Crippen MR) is 153 cm³/mol. The molecular weight excluding hydrogens is 534 g/mol. The number of sulfonamides is 1. The number of pyridine rings is 1. The van der Waals surface area contributed by atoms with E-state index in [1.54, 1.807) is 7.11 Å². The van der Waals surface area contributed by atoms with Crippen LogP contribution >= 0.6 is 0 Å². The molecule has 13 heteroatoms. The van der Waals surface area contributed by atoms with E-state index >= 15 is 0 Å². The molecule has 0 spiro atoms. The lowest BCUT2D eigenvalue weighted by molar-refractivity contribution is 0.0893. The summed E-state index contributed by atoms with van der Waals surface area (Å²) >= 11 is 0. The van der Waals surface area contributed by atoms with Crippen LogP contribution in [0.4, 0.5) is 0 Å². The van der Waals surface area contributed by atoms with Gasteiger partial charge >= 0.3 is 0 Å². The fourth-order valence-corrected chi connectivity index (χ4v) is 6.30. The summed E-state index contributed by atoms with van der Waals surface area (Å²) in [5.74, 6) is 0.340. The Kier molecular flexibility index (Phi) is 9.60.